The molecule has 0 radical (unpaired) electrons. The zero-order valence-corrected chi connectivity index (χ0v) is 14.5. The number of carbonyl (C=O) groups excluding carboxylic acids is 2. The van der Waals surface area contributed by atoms with Gasteiger partial charge in [-0.15, -0.1) is 0 Å². The van der Waals surface area contributed by atoms with Gasteiger partial charge in [0.1, 0.15) is 5.60 Å². The van der Waals surface area contributed by atoms with Crippen molar-refractivity contribution in [1.29, 1.82) is 0 Å². The van der Waals surface area contributed by atoms with Crippen molar-refractivity contribution in [2.45, 2.75) is 39.0 Å². The number of carbonyl (C=O) groups is 2. The predicted molar refractivity (Wildman–Crippen MR) is 87.9 cm³/mol. The fraction of sp³-hybridized carbons (Fsp3) is 0.529. The van der Waals surface area contributed by atoms with Gasteiger partial charge >= 0.3 is 6.09 Å². The molecule has 0 aliphatic heterocycles. The number of ether oxygens (including phenoxy) is 2. The number of benzene rings is 1. The van der Waals surface area contributed by atoms with E-state index in [1.54, 1.807) is 27.8 Å². The maximum atomic E-state index is 12.3. The number of methoxy groups -OCH3 is 1. The summed E-state index contributed by atoms with van der Waals surface area (Å²) in [5.74, 6) is -0.325. The Bertz CT molecular complexity index is 511. The first-order valence-electron chi connectivity index (χ1n) is 7.54. The van der Waals surface area contributed by atoms with E-state index in [2.05, 4.69) is 5.32 Å². The summed E-state index contributed by atoms with van der Waals surface area (Å²) < 4.78 is 10.2. The van der Waals surface area contributed by atoms with Crippen molar-refractivity contribution < 1.29 is 19.1 Å². The van der Waals surface area contributed by atoms with Crippen LogP contribution in [0.25, 0.3) is 0 Å². The number of hydrogen-bond acceptors (Lipinski definition) is 4. The van der Waals surface area contributed by atoms with Crippen LogP contribution in [0, 0.1) is 0 Å². The van der Waals surface area contributed by atoms with E-state index < -0.39 is 17.9 Å². The van der Waals surface area contributed by atoms with Gasteiger partial charge in [-0.05, 0) is 32.8 Å². The Morgan fingerprint density at radius 3 is 2.35 bits per heavy atom. The van der Waals surface area contributed by atoms with Gasteiger partial charge in [-0.3, -0.25) is 10.1 Å². The summed E-state index contributed by atoms with van der Waals surface area (Å²) in [6.07, 6.45) is -1.02. The standard InChI is InChI=1S/C17H26N2O4/c1-17(2,3)23-16(21)18-14(22-5)15(20)19(4)12-11-13-9-7-6-8-10-13/h6-10,14H,11-12H2,1-5H3,(H,18,21). The number of hydrogen-bond donors (Lipinski definition) is 1. The molecule has 0 heterocycles. The molecule has 0 aliphatic carbocycles. The molecule has 0 bridgehead atoms. The van der Waals surface area contributed by atoms with E-state index in [9.17, 15) is 9.59 Å². The fourth-order valence-electron chi connectivity index (χ4n) is 1.89. The lowest BCUT2D eigenvalue weighted by Gasteiger charge is -2.25. The number of likely N-dealkylation sites (N-methyl/N-ethyl adjacent to an activating group) is 1. The maximum Gasteiger partial charge on any atom is 0.410 e. The Hall–Kier alpha value is -2.08. The first-order chi connectivity index (χ1) is 10.7. The van der Waals surface area contributed by atoms with Crippen LogP contribution in [0.4, 0.5) is 4.79 Å². The van der Waals surface area contributed by atoms with E-state index in [0.717, 1.165) is 12.0 Å². The van der Waals surface area contributed by atoms with E-state index in [1.165, 1.54) is 12.0 Å². The van der Waals surface area contributed by atoms with Crippen molar-refractivity contribution in [3.05, 3.63) is 35.9 Å². The van der Waals surface area contributed by atoms with Crippen LogP contribution in [-0.2, 0) is 20.7 Å². The summed E-state index contributed by atoms with van der Waals surface area (Å²) in [5, 5.41) is 2.43. The Kier molecular flexibility index (Phi) is 7.03. The lowest BCUT2D eigenvalue weighted by Crippen LogP contribution is -2.50. The van der Waals surface area contributed by atoms with Gasteiger partial charge in [0.15, 0.2) is 0 Å². The highest BCUT2D eigenvalue weighted by Gasteiger charge is 2.26. The Morgan fingerprint density at radius 1 is 1.22 bits per heavy atom. The predicted octanol–water partition coefficient (Wildman–Crippen LogP) is 2.18. The zero-order valence-electron chi connectivity index (χ0n) is 14.5. The summed E-state index contributed by atoms with van der Waals surface area (Å²) in [4.78, 5) is 25.6. The highest BCUT2D eigenvalue weighted by molar-refractivity contribution is 5.84. The number of amides is 2. The summed E-state index contributed by atoms with van der Waals surface area (Å²) >= 11 is 0. The van der Waals surface area contributed by atoms with Crippen LogP contribution in [-0.4, -0.2) is 49.4 Å². The summed E-state index contributed by atoms with van der Waals surface area (Å²) in [6, 6.07) is 9.87. The second-order valence-corrected chi connectivity index (χ2v) is 6.26. The van der Waals surface area contributed by atoms with E-state index in [-0.39, 0.29) is 5.91 Å². The van der Waals surface area contributed by atoms with Crippen LogP contribution in [0.3, 0.4) is 0 Å². The topological polar surface area (TPSA) is 67.9 Å². The minimum absolute atomic E-state index is 0.325. The summed E-state index contributed by atoms with van der Waals surface area (Å²) in [7, 11) is 3.04. The second-order valence-electron chi connectivity index (χ2n) is 6.26. The van der Waals surface area contributed by atoms with E-state index in [4.69, 9.17) is 9.47 Å². The van der Waals surface area contributed by atoms with Crippen LogP contribution >= 0.6 is 0 Å². The van der Waals surface area contributed by atoms with Gasteiger partial charge in [-0.25, -0.2) is 4.79 Å². The highest BCUT2D eigenvalue weighted by Crippen LogP contribution is 2.07. The van der Waals surface area contributed by atoms with Crippen LogP contribution in [0.2, 0.25) is 0 Å². The zero-order chi connectivity index (χ0) is 17.5. The van der Waals surface area contributed by atoms with Gasteiger partial charge in [0.05, 0.1) is 0 Å². The first-order valence-corrected chi connectivity index (χ1v) is 7.54. The molecule has 0 fully saturated rings. The number of nitrogens with one attached hydrogen (secondary N) is 1. The van der Waals surface area contributed by atoms with Gasteiger partial charge < -0.3 is 14.4 Å². The number of nitrogens with zero attached hydrogens (tertiary/aromatic N) is 1. The molecule has 0 aliphatic rings. The minimum Gasteiger partial charge on any atom is -0.444 e. The Morgan fingerprint density at radius 2 is 1.83 bits per heavy atom. The molecule has 2 amide bonds. The molecule has 0 spiro atoms. The summed E-state index contributed by atoms with van der Waals surface area (Å²) in [6.45, 7) is 5.78. The molecule has 1 rings (SSSR count). The van der Waals surface area contributed by atoms with Gasteiger partial charge in [0.25, 0.3) is 5.91 Å². The van der Waals surface area contributed by atoms with Crippen molar-refractivity contribution in [3.63, 3.8) is 0 Å². The average molecular weight is 322 g/mol. The van der Waals surface area contributed by atoms with Crippen molar-refractivity contribution in [1.82, 2.24) is 10.2 Å². The van der Waals surface area contributed by atoms with Crippen LogP contribution in [0.1, 0.15) is 26.3 Å². The van der Waals surface area contributed by atoms with Crippen molar-refractivity contribution in [2.24, 2.45) is 0 Å². The highest BCUT2D eigenvalue weighted by atomic mass is 16.6. The first kappa shape index (κ1) is 19.0. The van der Waals surface area contributed by atoms with Crippen LogP contribution in [0.15, 0.2) is 30.3 Å². The Balaban J connectivity index is 2.53. The molecule has 1 aromatic rings. The van der Waals surface area contributed by atoms with Gasteiger partial charge in [0.2, 0.25) is 6.23 Å². The van der Waals surface area contributed by atoms with Gasteiger partial charge in [0, 0.05) is 20.7 Å². The quantitative estimate of drug-likeness (QED) is 0.815. The van der Waals surface area contributed by atoms with Crippen molar-refractivity contribution in [3.8, 4) is 0 Å². The minimum atomic E-state index is -1.06. The van der Waals surface area contributed by atoms with E-state index >= 15 is 0 Å². The van der Waals surface area contributed by atoms with Crippen molar-refractivity contribution >= 4 is 12.0 Å². The van der Waals surface area contributed by atoms with Gasteiger partial charge in [-0.2, -0.15) is 0 Å². The van der Waals surface area contributed by atoms with E-state index in [0.29, 0.717) is 6.54 Å². The maximum absolute atomic E-state index is 12.3. The monoisotopic (exact) mass is 322 g/mol. The van der Waals surface area contributed by atoms with Crippen molar-refractivity contribution in [2.75, 3.05) is 20.7 Å². The second kappa shape index (κ2) is 8.53. The van der Waals surface area contributed by atoms with Crippen LogP contribution in [0.5, 0.6) is 0 Å². The largest absolute Gasteiger partial charge is 0.444 e. The molecular weight excluding hydrogens is 296 g/mol. The third-order valence-electron chi connectivity index (χ3n) is 3.06. The molecule has 0 saturated carbocycles. The molecule has 1 aromatic carbocycles. The molecular formula is C17H26N2O4. The molecule has 6 heteroatoms. The third kappa shape index (κ3) is 7.15. The average Bonchev–Trinajstić information content (AvgIpc) is 2.48. The smallest absolute Gasteiger partial charge is 0.410 e. The molecule has 128 valence electrons. The number of alkyl carbamates (subject to hydrolysis) is 1. The molecule has 23 heavy (non-hydrogen) atoms. The molecule has 0 aromatic heterocycles. The Labute approximate surface area is 137 Å². The molecule has 1 N–H and O–H groups in total. The number of rotatable bonds is 6. The summed E-state index contributed by atoms with van der Waals surface area (Å²) in [5.41, 5.74) is 0.506. The SMILES string of the molecule is COC(NC(=O)OC(C)(C)C)C(=O)N(C)CCc1ccccc1. The van der Waals surface area contributed by atoms with E-state index in [1.807, 2.05) is 30.3 Å². The fourth-order valence-corrected chi connectivity index (χ4v) is 1.89. The third-order valence-corrected chi connectivity index (χ3v) is 3.06. The molecule has 6 nitrogen and oxygen atoms in total. The molecule has 1 unspecified atom stereocenters. The molecule has 0 saturated heterocycles. The normalized spacial score (nSPS) is 12.4. The molecule has 1 atom stereocenters. The lowest BCUT2D eigenvalue weighted by molar-refractivity contribution is -0.142. The van der Waals surface area contributed by atoms with Crippen LogP contribution < -0.4 is 5.32 Å². The lowest BCUT2D eigenvalue weighted by atomic mass is 10.1. The van der Waals surface area contributed by atoms with Gasteiger partial charge in [-0.1, -0.05) is 30.3 Å².